The van der Waals surface area contributed by atoms with E-state index in [-0.39, 0.29) is 30.2 Å². The van der Waals surface area contributed by atoms with Gasteiger partial charge in [-0.15, -0.1) is 12.4 Å². The molecule has 24 heavy (non-hydrogen) atoms. The van der Waals surface area contributed by atoms with E-state index in [1.54, 1.807) is 11.8 Å². The molecule has 3 rings (SSSR count). The van der Waals surface area contributed by atoms with E-state index in [1.165, 1.54) is 0 Å². The van der Waals surface area contributed by atoms with Gasteiger partial charge in [0.2, 0.25) is 5.91 Å². The zero-order valence-electron chi connectivity index (χ0n) is 13.5. The Kier molecular flexibility index (Phi) is 6.26. The van der Waals surface area contributed by atoms with Gasteiger partial charge in [-0.1, -0.05) is 0 Å². The van der Waals surface area contributed by atoms with Crippen LogP contribution >= 0.6 is 28.3 Å². The summed E-state index contributed by atoms with van der Waals surface area (Å²) in [5.41, 5.74) is 1.80. The summed E-state index contributed by atoms with van der Waals surface area (Å²) in [4.78, 5) is 12.7. The molecule has 1 amide bonds. The maximum atomic E-state index is 12.7. The van der Waals surface area contributed by atoms with Crippen LogP contribution in [0.3, 0.4) is 0 Å². The monoisotopic (exact) mass is 414 g/mol. The Morgan fingerprint density at radius 3 is 2.92 bits per heavy atom. The molecule has 2 aromatic rings. The molecule has 2 atom stereocenters. The van der Waals surface area contributed by atoms with Gasteiger partial charge in [0.15, 0.2) is 0 Å². The van der Waals surface area contributed by atoms with Gasteiger partial charge >= 0.3 is 0 Å². The summed E-state index contributed by atoms with van der Waals surface area (Å²) in [7, 11) is 3.49. The van der Waals surface area contributed by atoms with Crippen molar-refractivity contribution in [1.29, 1.82) is 0 Å². The number of aryl methyl sites for hydroxylation is 1. The Labute approximate surface area is 155 Å². The van der Waals surface area contributed by atoms with Crippen LogP contribution in [-0.4, -0.2) is 35.9 Å². The number of carbonyl (C=O) groups excluding carboxylic acids is 1. The number of nitrogens with zero attached hydrogens (tertiary/aromatic N) is 2. The van der Waals surface area contributed by atoms with E-state index in [1.807, 2.05) is 37.6 Å². The predicted molar refractivity (Wildman–Crippen MR) is 98.9 cm³/mol. The molecule has 0 radical (unpaired) electrons. The van der Waals surface area contributed by atoms with Gasteiger partial charge in [-0.05, 0) is 33.6 Å². The Balaban J connectivity index is 0.00000208. The van der Waals surface area contributed by atoms with Gasteiger partial charge in [0.1, 0.15) is 5.75 Å². The molecule has 2 N–H and O–H groups in total. The summed E-state index contributed by atoms with van der Waals surface area (Å²) >= 11 is 3.46. The highest BCUT2D eigenvalue weighted by Gasteiger charge is 2.34. The van der Waals surface area contributed by atoms with Crippen molar-refractivity contribution >= 4 is 39.9 Å². The molecule has 0 aliphatic carbocycles. The molecule has 1 aromatic heterocycles. The zero-order chi connectivity index (χ0) is 16.4. The molecule has 1 saturated heterocycles. The lowest BCUT2D eigenvalue weighted by Crippen LogP contribution is -2.28. The number of carbonyl (C=O) groups is 1. The predicted octanol–water partition coefficient (Wildman–Crippen LogP) is 2.55. The van der Waals surface area contributed by atoms with Crippen LogP contribution in [0.2, 0.25) is 0 Å². The smallest absolute Gasteiger partial charge is 0.229 e. The van der Waals surface area contributed by atoms with E-state index in [4.69, 9.17) is 4.74 Å². The topological polar surface area (TPSA) is 68.2 Å². The third-order valence-corrected chi connectivity index (χ3v) is 4.83. The molecule has 0 spiro atoms. The molecule has 6 nitrogen and oxygen atoms in total. The minimum Gasteiger partial charge on any atom is -0.497 e. The van der Waals surface area contributed by atoms with Gasteiger partial charge in [-0.2, -0.15) is 5.10 Å². The normalized spacial score (nSPS) is 19.6. The summed E-state index contributed by atoms with van der Waals surface area (Å²) in [5.74, 6) is 0.708. The van der Waals surface area contributed by atoms with Crippen LogP contribution in [0.25, 0.3) is 0 Å². The molecule has 0 saturated carbocycles. The molecule has 130 valence electrons. The third-order valence-electron chi connectivity index (χ3n) is 4.14. The molecule has 1 fully saturated rings. The fourth-order valence-corrected chi connectivity index (χ4v) is 3.23. The lowest BCUT2D eigenvalue weighted by Gasteiger charge is -2.18. The number of methoxy groups -OCH3 is 1. The van der Waals surface area contributed by atoms with E-state index in [2.05, 4.69) is 31.7 Å². The zero-order valence-corrected chi connectivity index (χ0v) is 15.9. The van der Waals surface area contributed by atoms with E-state index in [9.17, 15) is 4.79 Å². The number of benzene rings is 1. The van der Waals surface area contributed by atoms with Crippen LogP contribution in [-0.2, 0) is 11.8 Å². The number of anilines is 1. The van der Waals surface area contributed by atoms with Crippen LogP contribution in [0.1, 0.15) is 11.5 Å². The maximum Gasteiger partial charge on any atom is 0.229 e. The van der Waals surface area contributed by atoms with Crippen molar-refractivity contribution in [2.75, 3.05) is 25.5 Å². The molecule has 1 aliphatic heterocycles. The number of hydrogen-bond donors (Lipinski definition) is 2. The Bertz CT molecular complexity index is 722. The van der Waals surface area contributed by atoms with Crippen LogP contribution in [0.15, 0.2) is 35.1 Å². The second-order valence-corrected chi connectivity index (χ2v) is 6.51. The second-order valence-electron chi connectivity index (χ2n) is 5.65. The van der Waals surface area contributed by atoms with E-state index in [0.717, 1.165) is 16.6 Å². The third kappa shape index (κ3) is 3.91. The number of rotatable bonds is 4. The van der Waals surface area contributed by atoms with Crippen molar-refractivity contribution in [1.82, 2.24) is 15.1 Å². The molecule has 1 aromatic carbocycles. The van der Waals surface area contributed by atoms with E-state index in [0.29, 0.717) is 18.0 Å². The van der Waals surface area contributed by atoms with Gasteiger partial charge in [-0.3, -0.25) is 9.48 Å². The highest BCUT2D eigenvalue weighted by molar-refractivity contribution is 9.10. The fourth-order valence-electron chi connectivity index (χ4n) is 2.89. The Morgan fingerprint density at radius 2 is 2.25 bits per heavy atom. The summed E-state index contributed by atoms with van der Waals surface area (Å²) in [6, 6.07) is 5.51. The largest absolute Gasteiger partial charge is 0.497 e. The SMILES string of the molecule is COc1ccc(Br)c(NC(=O)[C@H]2CNC[C@@H]2c2cnn(C)c2)c1.Cl. The molecule has 8 heteroatoms. The number of halogens is 2. The van der Waals surface area contributed by atoms with Gasteiger partial charge in [0.05, 0.1) is 24.9 Å². The fraction of sp³-hybridized carbons (Fsp3) is 0.375. The molecule has 0 unspecified atom stereocenters. The summed E-state index contributed by atoms with van der Waals surface area (Å²) in [5, 5.41) is 10.5. The lowest BCUT2D eigenvalue weighted by molar-refractivity contribution is -0.119. The first-order valence-electron chi connectivity index (χ1n) is 7.42. The molecule has 1 aliphatic rings. The minimum absolute atomic E-state index is 0. The first-order valence-corrected chi connectivity index (χ1v) is 8.21. The van der Waals surface area contributed by atoms with Crippen molar-refractivity contribution in [2.24, 2.45) is 13.0 Å². The summed E-state index contributed by atoms with van der Waals surface area (Å²) in [6.07, 6.45) is 3.80. The first kappa shape index (κ1) is 18.8. The number of ether oxygens (including phenoxy) is 1. The van der Waals surface area contributed by atoms with Crippen LogP contribution in [0.4, 0.5) is 5.69 Å². The van der Waals surface area contributed by atoms with Crippen molar-refractivity contribution in [2.45, 2.75) is 5.92 Å². The molecule has 2 heterocycles. The van der Waals surface area contributed by atoms with Gasteiger partial charge in [-0.25, -0.2) is 0 Å². The molecule has 0 bridgehead atoms. The average Bonchev–Trinajstić information content (AvgIpc) is 3.17. The number of aromatic nitrogens is 2. The highest BCUT2D eigenvalue weighted by Crippen LogP contribution is 2.31. The summed E-state index contributed by atoms with van der Waals surface area (Å²) in [6.45, 7) is 1.44. The second kappa shape index (κ2) is 8.00. The van der Waals surface area contributed by atoms with Crippen molar-refractivity contribution in [3.05, 3.63) is 40.6 Å². The molecular formula is C16H20BrClN4O2. The summed E-state index contributed by atoms with van der Waals surface area (Å²) < 4.78 is 7.81. The van der Waals surface area contributed by atoms with Crippen LogP contribution < -0.4 is 15.4 Å². The van der Waals surface area contributed by atoms with Crippen LogP contribution in [0, 0.1) is 5.92 Å². The Hall–Kier alpha value is -1.57. The number of hydrogen-bond acceptors (Lipinski definition) is 4. The quantitative estimate of drug-likeness (QED) is 0.805. The number of nitrogens with one attached hydrogen (secondary N) is 2. The van der Waals surface area contributed by atoms with Crippen molar-refractivity contribution in [3.63, 3.8) is 0 Å². The van der Waals surface area contributed by atoms with Gasteiger partial charge in [0, 0.05) is 42.8 Å². The standard InChI is InChI=1S/C16H19BrN4O2.ClH/c1-21-9-10(6-19-21)12-7-18-8-13(12)16(22)20-15-5-11(23-2)3-4-14(15)17;/h3-6,9,12-13,18H,7-8H2,1-2H3,(H,20,22);1H/t12-,13+;/m1./s1. The first-order chi connectivity index (χ1) is 11.1. The van der Waals surface area contributed by atoms with E-state index >= 15 is 0 Å². The van der Waals surface area contributed by atoms with E-state index < -0.39 is 0 Å². The maximum absolute atomic E-state index is 12.7. The van der Waals surface area contributed by atoms with Crippen molar-refractivity contribution < 1.29 is 9.53 Å². The lowest BCUT2D eigenvalue weighted by atomic mass is 9.90. The van der Waals surface area contributed by atoms with Crippen LogP contribution in [0.5, 0.6) is 5.75 Å². The average molecular weight is 416 g/mol. The van der Waals surface area contributed by atoms with Gasteiger partial charge in [0.25, 0.3) is 0 Å². The van der Waals surface area contributed by atoms with Crippen molar-refractivity contribution in [3.8, 4) is 5.75 Å². The Morgan fingerprint density at radius 1 is 1.46 bits per heavy atom. The number of amides is 1. The highest BCUT2D eigenvalue weighted by atomic mass is 79.9. The minimum atomic E-state index is -0.127. The van der Waals surface area contributed by atoms with Gasteiger partial charge < -0.3 is 15.4 Å². The molecular weight excluding hydrogens is 396 g/mol.